The van der Waals surface area contributed by atoms with Crippen molar-refractivity contribution in [2.45, 2.75) is 45.1 Å². The van der Waals surface area contributed by atoms with Gasteiger partial charge >= 0.3 is 0 Å². The first-order chi connectivity index (χ1) is 11.5. The van der Waals surface area contributed by atoms with Gasteiger partial charge in [0, 0.05) is 43.3 Å². The van der Waals surface area contributed by atoms with Crippen molar-refractivity contribution in [2.75, 3.05) is 26.8 Å². The predicted molar refractivity (Wildman–Crippen MR) is 102 cm³/mol. The van der Waals surface area contributed by atoms with Gasteiger partial charge in [-0.1, -0.05) is 43.6 Å². The molecule has 1 fully saturated rings. The summed E-state index contributed by atoms with van der Waals surface area (Å²) in [4.78, 5) is 4.37. The van der Waals surface area contributed by atoms with Crippen LogP contribution in [0, 0.1) is 5.92 Å². The van der Waals surface area contributed by atoms with Crippen LogP contribution in [-0.2, 0) is 10.2 Å². The van der Waals surface area contributed by atoms with Crippen LogP contribution in [0.25, 0.3) is 0 Å². The van der Waals surface area contributed by atoms with Crippen molar-refractivity contribution in [3.63, 3.8) is 0 Å². The molecule has 1 saturated heterocycles. The third-order valence-corrected chi connectivity index (χ3v) is 5.41. The molecule has 1 atom stereocenters. The zero-order valence-electron chi connectivity index (χ0n) is 15.2. The number of hydrogen-bond donors (Lipinski definition) is 2. The van der Waals surface area contributed by atoms with Crippen molar-refractivity contribution in [3.05, 3.63) is 34.9 Å². The summed E-state index contributed by atoms with van der Waals surface area (Å²) in [5.74, 6) is 1.39. The van der Waals surface area contributed by atoms with E-state index in [1.807, 2.05) is 19.2 Å². The van der Waals surface area contributed by atoms with E-state index in [1.165, 1.54) is 5.56 Å². The van der Waals surface area contributed by atoms with Gasteiger partial charge in [-0.15, -0.1) is 0 Å². The Balaban J connectivity index is 2.14. The monoisotopic (exact) mass is 351 g/mol. The lowest BCUT2D eigenvalue weighted by atomic mass is 9.74. The van der Waals surface area contributed by atoms with Gasteiger partial charge in [-0.2, -0.15) is 0 Å². The van der Waals surface area contributed by atoms with E-state index in [0.29, 0.717) is 12.0 Å². The molecule has 0 radical (unpaired) electrons. The molecule has 1 unspecified atom stereocenters. The van der Waals surface area contributed by atoms with Gasteiger partial charge in [-0.05, 0) is 37.3 Å². The molecule has 0 saturated carbocycles. The number of nitrogens with one attached hydrogen (secondary N) is 2. The van der Waals surface area contributed by atoms with Crippen molar-refractivity contribution in [3.8, 4) is 0 Å². The highest BCUT2D eigenvalue weighted by Gasteiger charge is 2.36. The van der Waals surface area contributed by atoms with Crippen molar-refractivity contribution in [2.24, 2.45) is 10.9 Å². The molecule has 1 aromatic rings. The molecule has 4 nitrogen and oxygen atoms in total. The van der Waals surface area contributed by atoms with E-state index in [1.54, 1.807) is 0 Å². The van der Waals surface area contributed by atoms with Gasteiger partial charge in [0.15, 0.2) is 5.96 Å². The van der Waals surface area contributed by atoms with Crippen LogP contribution < -0.4 is 10.6 Å². The second-order valence-electron chi connectivity index (χ2n) is 6.98. The minimum Gasteiger partial charge on any atom is -0.381 e. The van der Waals surface area contributed by atoms with Crippen LogP contribution in [0.2, 0.25) is 5.02 Å². The predicted octanol–water partition coefficient (Wildman–Crippen LogP) is 3.60. The summed E-state index contributed by atoms with van der Waals surface area (Å²) in [6.45, 7) is 8.91. The van der Waals surface area contributed by atoms with Crippen LogP contribution in [0.3, 0.4) is 0 Å². The first-order valence-electron chi connectivity index (χ1n) is 8.78. The highest BCUT2D eigenvalue weighted by atomic mass is 35.5. The SMILES string of the molecule is CN=C(NCC1(c2ccccc2Cl)CCOCC1)NC(C)C(C)C. The third kappa shape index (κ3) is 4.64. The summed E-state index contributed by atoms with van der Waals surface area (Å²) in [5.41, 5.74) is 1.18. The van der Waals surface area contributed by atoms with Crippen molar-refractivity contribution in [1.29, 1.82) is 0 Å². The molecule has 134 valence electrons. The minimum atomic E-state index is -0.0186. The molecule has 5 heteroatoms. The Kier molecular flexibility index (Phi) is 6.93. The number of rotatable bonds is 5. The maximum Gasteiger partial charge on any atom is 0.191 e. The van der Waals surface area contributed by atoms with Crippen LogP contribution >= 0.6 is 11.6 Å². The second kappa shape index (κ2) is 8.72. The molecule has 0 spiro atoms. The smallest absolute Gasteiger partial charge is 0.191 e. The molecular formula is C19H30ClN3O. The third-order valence-electron chi connectivity index (χ3n) is 5.08. The minimum absolute atomic E-state index is 0.0186. The van der Waals surface area contributed by atoms with E-state index >= 15 is 0 Å². The number of benzene rings is 1. The Morgan fingerprint density at radius 1 is 1.25 bits per heavy atom. The topological polar surface area (TPSA) is 45.7 Å². The average Bonchev–Trinajstić information content (AvgIpc) is 2.59. The average molecular weight is 352 g/mol. The lowest BCUT2D eigenvalue weighted by Gasteiger charge is -2.39. The van der Waals surface area contributed by atoms with Crippen molar-refractivity contribution < 1.29 is 4.74 Å². The number of hydrogen-bond acceptors (Lipinski definition) is 2. The quantitative estimate of drug-likeness (QED) is 0.629. The van der Waals surface area contributed by atoms with Crippen LogP contribution in [0.4, 0.5) is 0 Å². The molecule has 1 aliphatic heterocycles. The lowest BCUT2D eigenvalue weighted by molar-refractivity contribution is 0.0514. The molecular weight excluding hydrogens is 322 g/mol. The van der Waals surface area contributed by atoms with Gasteiger partial charge in [0.2, 0.25) is 0 Å². The molecule has 0 aliphatic carbocycles. The largest absolute Gasteiger partial charge is 0.381 e. The van der Waals surface area contributed by atoms with Gasteiger partial charge in [0.05, 0.1) is 0 Å². The fourth-order valence-corrected chi connectivity index (χ4v) is 3.36. The van der Waals surface area contributed by atoms with Gasteiger partial charge in [0.1, 0.15) is 0 Å². The number of nitrogens with zero attached hydrogens (tertiary/aromatic N) is 1. The van der Waals surface area contributed by atoms with Gasteiger partial charge in [0.25, 0.3) is 0 Å². The first-order valence-corrected chi connectivity index (χ1v) is 9.16. The molecule has 1 heterocycles. The fourth-order valence-electron chi connectivity index (χ4n) is 3.02. The zero-order valence-corrected chi connectivity index (χ0v) is 16.0. The van der Waals surface area contributed by atoms with E-state index in [0.717, 1.165) is 43.6 Å². The van der Waals surface area contributed by atoms with Crippen molar-refractivity contribution in [1.82, 2.24) is 10.6 Å². The van der Waals surface area contributed by atoms with Gasteiger partial charge in [-0.3, -0.25) is 4.99 Å². The maximum atomic E-state index is 6.51. The standard InChI is InChI=1S/C19H30ClN3O/c1-14(2)15(3)23-18(21-4)22-13-19(9-11-24-12-10-19)16-7-5-6-8-17(16)20/h5-8,14-15H,9-13H2,1-4H3,(H2,21,22,23). The molecule has 0 amide bonds. The van der Waals surface area contributed by atoms with E-state index in [2.05, 4.69) is 48.5 Å². The maximum absolute atomic E-state index is 6.51. The molecule has 0 bridgehead atoms. The number of aliphatic imine (C=N–C) groups is 1. The summed E-state index contributed by atoms with van der Waals surface area (Å²) < 4.78 is 5.60. The van der Waals surface area contributed by atoms with Crippen LogP contribution in [-0.4, -0.2) is 38.8 Å². The number of halogens is 1. The zero-order chi connectivity index (χ0) is 17.6. The Morgan fingerprint density at radius 2 is 1.92 bits per heavy atom. The Morgan fingerprint density at radius 3 is 2.50 bits per heavy atom. The molecule has 24 heavy (non-hydrogen) atoms. The normalized spacial score (nSPS) is 19.2. The Labute approximate surface area is 151 Å². The van der Waals surface area contributed by atoms with Gasteiger partial charge in [-0.25, -0.2) is 0 Å². The lowest BCUT2D eigenvalue weighted by Crippen LogP contribution is -2.50. The highest BCUT2D eigenvalue weighted by Crippen LogP contribution is 2.38. The Bertz CT molecular complexity index is 553. The molecule has 0 aromatic heterocycles. The summed E-state index contributed by atoms with van der Waals surface area (Å²) >= 11 is 6.51. The van der Waals surface area contributed by atoms with E-state index in [4.69, 9.17) is 16.3 Å². The number of ether oxygens (including phenoxy) is 1. The highest BCUT2D eigenvalue weighted by molar-refractivity contribution is 6.31. The number of guanidine groups is 1. The van der Waals surface area contributed by atoms with Crippen LogP contribution in [0.5, 0.6) is 0 Å². The van der Waals surface area contributed by atoms with Crippen LogP contribution in [0.1, 0.15) is 39.2 Å². The summed E-state index contributed by atoms with van der Waals surface area (Å²) in [7, 11) is 1.81. The molecule has 1 aliphatic rings. The first kappa shape index (κ1) is 19.1. The summed E-state index contributed by atoms with van der Waals surface area (Å²) in [6, 6.07) is 8.52. The van der Waals surface area contributed by atoms with Gasteiger partial charge < -0.3 is 15.4 Å². The van der Waals surface area contributed by atoms with E-state index in [-0.39, 0.29) is 5.41 Å². The Hall–Kier alpha value is -1.26. The summed E-state index contributed by atoms with van der Waals surface area (Å²) in [5, 5.41) is 7.81. The second-order valence-corrected chi connectivity index (χ2v) is 7.38. The van der Waals surface area contributed by atoms with E-state index in [9.17, 15) is 0 Å². The molecule has 1 aromatic carbocycles. The van der Waals surface area contributed by atoms with Crippen LogP contribution in [0.15, 0.2) is 29.3 Å². The summed E-state index contributed by atoms with van der Waals surface area (Å²) in [6.07, 6.45) is 1.92. The molecule has 2 rings (SSSR count). The fraction of sp³-hybridized carbons (Fsp3) is 0.632. The molecule has 2 N–H and O–H groups in total. The van der Waals surface area contributed by atoms with Crippen molar-refractivity contribution >= 4 is 17.6 Å². The van der Waals surface area contributed by atoms with E-state index < -0.39 is 0 Å².